The first-order chi connectivity index (χ1) is 14.2. The normalized spacial score (nSPS) is 16.7. The van der Waals surface area contributed by atoms with E-state index in [1.165, 1.54) is 5.56 Å². The molecule has 0 radical (unpaired) electrons. The molecule has 1 aliphatic heterocycles. The van der Waals surface area contributed by atoms with Gasteiger partial charge in [-0.05, 0) is 38.2 Å². The van der Waals surface area contributed by atoms with Crippen LogP contribution < -0.4 is 0 Å². The summed E-state index contributed by atoms with van der Waals surface area (Å²) in [6.07, 6.45) is 11.7. The maximum atomic E-state index is 12.7. The van der Waals surface area contributed by atoms with Crippen LogP contribution in [-0.2, 0) is 11.2 Å². The number of hydrogen-bond acceptors (Lipinski definition) is 4. The first kappa shape index (κ1) is 19.3. The van der Waals surface area contributed by atoms with Gasteiger partial charge < -0.3 is 4.90 Å². The third kappa shape index (κ3) is 4.70. The van der Waals surface area contributed by atoms with Gasteiger partial charge in [0.1, 0.15) is 5.82 Å². The molecule has 1 aromatic carbocycles. The van der Waals surface area contributed by atoms with Crippen molar-refractivity contribution in [2.24, 2.45) is 0 Å². The van der Waals surface area contributed by atoms with Gasteiger partial charge in [0.25, 0.3) is 0 Å². The van der Waals surface area contributed by atoms with Crippen LogP contribution in [0.15, 0.2) is 55.1 Å². The molecule has 0 bridgehead atoms. The fraction of sp³-hybridized carbons (Fsp3) is 0.391. The molecule has 0 aliphatic carbocycles. The third-order valence-corrected chi connectivity index (χ3v) is 5.60. The number of hydrogen-bond donors (Lipinski definition) is 0. The summed E-state index contributed by atoms with van der Waals surface area (Å²) >= 11 is 0. The van der Waals surface area contributed by atoms with Crippen LogP contribution in [0.25, 0.3) is 5.82 Å². The van der Waals surface area contributed by atoms with Gasteiger partial charge in [0.05, 0.1) is 11.9 Å². The summed E-state index contributed by atoms with van der Waals surface area (Å²) in [6, 6.07) is 10.4. The molecule has 1 amide bonds. The molecule has 1 atom stereocenters. The van der Waals surface area contributed by atoms with E-state index in [9.17, 15) is 4.79 Å². The van der Waals surface area contributed by atoms with Crippen molar-refractivity contribution in [3.8, 4) is 5.82 Å². The minimum Gasteiger partial charge on any atom is -0.342 e. The highest BCUT2D eigenvalue weighted by Gasteiger charge is 2.26. The van der Waals surface area contributed by atoms with E-state index in [1.54, 1.807) is 12.4 Å². The summed E-state index contributed by atoms with van der Waals surface area (Å²) in [7, 11) is 0. The van der Waals surface area contributed by atoms with Gasteiger partial charge in [-0.3, -0.25) is 14.3 Å². The Hall–Kier alpha value is -3.02. The predicted octanol–water partition coefficient (Wildman–Crippen LogP) is 3.70. The quantitative estimate of drug-likeness (QED) is 0.645. The van der Waals surface area contributed by atoms with Crippen LogP contribution in [0, 0.1) is 6.92 Å². The molecule has 6 heteroatoms. The molecule has 4 rings (SSSR count). The number of piperidine rings is 1. The van der Waals surface area contributed by atoms with Crippen molar-refractivity contribution in [1.82, 2.24) is 24.4 Å². The van der Waals surface area contributed by atoms with E-state index < -0.39 is 0 Å². The number of amides is 1. The molecule has 6 nitrogen and oxygen atoms in total. The average molecular weight is 390 g/mol. The smallest absolute Gasteiger partial charge is 0.222 e. The van der Waals surface area contributed by atoms with Crippen LogP contribution in [0.4, 0.5) is 0 Å². The van der Waals surface area contributed by atoms with Gasteiger partial charge >= 0.3 is 0 Å². The number of carbonyl (C=O) groups is 1. The molecule has 2 aromatic heterocycles. The first-order valence-electron chi connectivity index (χ1n) is 10.3. The Morgan fingerprint density at radius 1 is 1.21 bits per heavy atom. The topological polar surface area (TPSA) is 63.9 Å². The van der Waals surface area contributed by atoms with E-state index in [-0.39, 0.29) is 11.8 Å². The number of nitrogens with zero attached hydrogens (tertiary/aromatic N) is 5. The number of likely N-dealkylation sites (tertiary alicyclic amines) is 1. The fourth-order valence-electron chi connectivity index (χ4n) is 3.99. The van der Waals surface area contributed by atoms with Crippen molar-refractivity contribution in [1.29, 1.82) is 0 Å². The maximum Gasteiger partial charge on any atom is 0.222 e. The van der Waals surface area contributed by atoms with Crippen molar-refractivity contribution in [2.45, 2.75) is 44.9 Å². The van der Waals surface area contributed by atoms with E-state index in [0.717, 1.165) is 56.1 Å². The number of carbonyl (C=O) groups excluding carboxylic acids is 1. The number of benzene rings is 1. The SMILES string of the molecule is Cc1nccn1-c1cncc(C2CCCN(C(=O)CCCc3ccccc3)C2)n1. The fourth-order valence-corrected chi connectivity index (χ4v) is 3.99. The molecule has 0 saturated carbocycles. The van der Waals surface area contributed by atoms with Crippen molar-refractivity contribution < 1.29 is 4.79 Å². The Kier molecular flexibility index (Phi) is 5.98. The number of rotatable bonds is 6. The molecule has 0 N–H and O–H groups in total. The van der Waals surface area contributed by atoms with Crippen LogP contribution in [0.2, 0.25) is 0 Å². The standard InChI is InChI=1S/C23H27N5O/c1-18-25-12-14-28(18)22-16-24-15-21(26-22)20-10-6-13-27(17-20)23(29)11-5-9-19-7-3-2-4-8-19/h2-4,7-8,12,14-16,20H,5-6,9-11,13,17H2,1H3. The van der Waals surface area contributed by atoms with Crippen LogP contribution in [-0.4, -0.2) is 43.4 Å². The van der Waals surface area contributed by atoms with Crippen molar-refractivity contribution in [2.75, 3.05) is 13.1 Å². The monoisotopic (exact) mass is 389 g/mol. The zero-order valence-corrected chi connectivity index (χ0v) is 16.9. The Bertz CT molecular complexity index is 953. The summed E-state index contributed by atoms with van der Waals surface area (Å²) in [5, 5.41) is 0. The summed E-state index contributed by atoms with van der Waals surface area (Å²) in [5.41, 5.74) is 2.25. The van der Waals surface area contributed by atoms with Gasteiger partial charge in [0.15, 0.2) is 5.82 Å². The Labute approximate surface area is 171 Å². The molecular weight excluding hydrogens is 362 g/mol. The zero-order valence-electron chi connectivity index (χ0n) is 16.9. The summed E-state index contributed by atoms with van der Waals surface area (Å²) in [5.74, 6) is 2.15. The summed E-state index contributed by atoms with van der Waals surface area (Å²) in [6.45, 7) is 3.52. The van der Waals surface area contributed by atoms with Crippen LogP contribution in [0.3, 0.4) is 0 Å². The van der Waals surface area contributed by atoms with Gasteiger partial charge in [-0.25, -0.2) is 9.97 Å². The van der Waals surface area contributed by atoms with E-state index in [0.29, 0.717) is 6.42 Å². The van der Waals surface area contributed by atoms with Crippen molar-refractivity contribution >= 4 is 5.91 Å². The predicted molar refractivity (Wildman–Crippen MR) is 112 cm³/mol. The highest BCUT2D eigenvalue weighted by molar-refractivity contribution is 5.76. The zero-order chi connectivity index (χ0) is 20.1. The van der Waals surface area contributed by atoms with Gasteiger partial charge in [0.2, 0.25) is 5.91 Å². The highest BCUT2D eigenvalue weighted by Crippen LogP contribution is 2.26. The van der Waals surface area contributed by atoms with Gasteiger partial charge in [-0.1, -0.05) is 30.3 Å². The maximum absolute atomic E-state index is 12.7. The van der Waals surface area contributed by atoms with E-state index >= 15 is 0 Å². The molecule has 1 saturated heterocycles. The second-order valence-electron chi connectivity index (χ2n) is 7.66. The molecular formula is C23H27N5O. The lowest BCUT2D eigenvalue weighted by Crippen LogP contribution is -2.39. The minimum atomic E-state index is 0.234. The second-order valence-corrected chi connectivity index (χ2v) is 7.66. The molecule has 1 unspecified atom stereocenters. The molecule has 0 spiro atoms. The number of aromatic nitrogens is 4. The average Bonchev–Trinajstić information content (AvgIpc) is 3.20. The van der Waals surface area contributed by atoms with Crippen molar-refractivity contribution in [3.05, 3.63) is 72.2 Å². The van der Waals surface area contributed by atoms with Gasteiger partial charge in [-0.2, -0.15) is 0 Å². The second kappa shape index (κ2) is 8.99. The molecule has 29 heavy (non-hydrogen) atoms. The van der Waals surface area contributed by atoms with Gasteiger partial charge in [-0.15, -0.1) is 0 Å². The molecule has 150 valence electrons. The first-order valence-corrected chi connectivity index (χ1v) is 10.3. The van der Waals surface area contributed by atoms with Gasteiger partial charge in [0, 0.05) is 44.0 Å². The van der Waals surface area contributed by atoms with E-state index in [4.69, 9.17) is 4.98 Å². The van der Waals surface area contributed by atoms with Crippen LogP contribution in [0.5, 0.6) is 0 Å². The molecule has 1 aliphatic rings. The summed E-state index contributed by atoms with van der Waals surface area (Å²) in [4.78, 5) is 28.2. The summed E-state index contributed by atoms with van der Waals surface area (Å²) < 4.78 is 1.94. The van der Waals surface area contributed by atoms with E-state index in [1.807, 2.05) is 47.0 Å². The lowest BCUT2D eigenvalue weighted by atomic mass is 9.94. The Balaban J connectivity index is 1.37. The van der Waals surface area contributed by atoms with Crippen molar-refractivity contribution in [3.63, 3.8) is 0 Å². The Morgan fingerprint density at radius 3 is 2.86 bits per heavy atom. The number of imidazole rings is 1. The molecule has 3 heterocycles. The highest BCUT2D eigenvalue weighted by atomic mass is 16.2. The van der Waals surface area contributed by atoms with Crippen LogP contribution >= 0.6 is 0 Å². The number of aryl methyl sites for hydroxylation is 2. The molecule has 3 aromatic rings. The largest absolute Gasteiger partial charge is 0.342 e. The third-order valence-electron chi connectivity index (χ3n) is 5.60. The lowest BCUT2D eigenvalue weighted by Gasteiger charge is -2.32. The Morgan fingerprint density at radius 2 is 2.07 bits per heavy atom. The van der Waals surface area contributed by atoms with Crippen LogP contribution in [0.1, 0.15) is 48.7 Å². The minimum absolute atomic E-state index is 0.234. The molecule has 1 fully saturated rings. The lowest BCUT2D eigenvalue weighted by molar-refractivity contribution is -0.132. The van der Waals surface area contributed by atoms with E-state index in [2.05, 4.69) is 22.1 Å².